The Morgan fingerprint density at radius 3 is 2.58 bits per heavy atom. The molecule has 0 radical (unpaired) electrons. The lowest BCUT2D eigenvalue weighted by Gasteiger charge is -2.30. The summed E-state index contributed by atoms with van der Waals surface area (Å²) in [7, 11) is 0. The third kappa shape index (κ3) is 4.34. The van der Waals surface area contributed by atoms with Crippen molar-refractivity contribution in [2.45, 2.75) is 19.4 Å². The second-order valence-corrected chi connectivity index (χ2v) is 5.03. The number of aliphatic carboxylic acids is 1. The molecule has 1 aromatic rings. The Hall–Kier alpha value is -0.840. The summed E-state index contributed by atoms with van der Waals surface area (Å²) in [5.41, 5.74) is 0.881. The number of hydrogen-bond acceptors (Lipinski definition) is 2. The first kappa shape index (κ1) is 16.2. The highest BCUT2D eigenvalue weighted by molar-refractivity contribution is 6.31. The molecule has 0 spiro atoms. The van der Waals surface area contributed by atoms with E-state index in [9.17, 15) is 9.18 Å². The van der Waals surface area contributed by atoms with Crippen LogP contribution in [-0.4, -0.2) is 29.1 Å². The zero-order chi connectivity index (χ0) is 13.1. The minimum absolute atomic E-state index is 0. The Morgan fingerprint density at radius 2 is 2.05 bits per heavy atom. The van der Waals surface area contributed by atoms with E-state index in [-0.39, 0.29) is 24.1 Å². The number of hydrogen-bond donors (Lipinski definition) is 1. The molecule has 1 N–H and O–H groups in total. The first-order valence-corrected chi connectivity index (χ1v) is 6.33. The van der Waals surface area contributed by atoms with Gasteiger partial charge in [0.15, 0.2) is 0 Å². The average molecular weight is 308 g/mol. The van der Waals surface area contributed by atoms with Gasteiger partial charge in [0.2, 0.25) is 0 Å². The predicted octanol–water partition coefficient (Wildman–Crippen LogP) is 3.20. The second-order valence-electron chi connectivity index (χ2n) is 4.62. The van der Waals surface area contributed by atoms with Gasteiger partial charge < -0.3 is 5.11 Å². The number of nitrogens with zero attached hydrogens (tertiary/aromatic N) is 1. The molecule has 1 aliphatic heterocycles. The molecule has 1 aliphatic rings. The molecule has 0 atom stereocenters. The van der Waals surface area contributed by atoms with Gasteiger partial charge in [0.25, 0.3) is 0 Å². The van der Waals surface area contributed by atoms with Gasteiger partial charge in [0.1, 0.15) is 5.82 Å². The fourth-order valence-corrected chi connectivity index (χ4v) is 2.46. The third-order valence-corrected chi connectivity index (χ3v) is 3.70. The lowest BCUT2D eigenvalue weighted by molar-refractivity contribution is -0.143. The van der Waals surface area contributed by atoms with E-state index in [0.29, 0.717) is 24.4 Å². The topological polar surface area (TPSA) is 40.5 Å². The molecule has 0 saturated carbocycles. The van der Waals surface area contributed by atoms with Crippen LogP contribution in [0.15, 0.2) is 18.2 Å². The Labute approximate surface area is 122 Å². The van der Waals surface area contributed by atoms with E-state index in [0.717, 1.165) is 18.7 Å². The van der Waals surface area contributed by atoms with Crippen molar-refractivity contribution < 1.29 is 14.3 Å². The molecular weight excluding hydrogens is 292 g/mol. The SMILES string of the molecule is Cl.O=C(O)C1CCN(Cc2ccc(F)cc2Cl)CC1. The Balaban J connectivity index is 0.00000180. The maximum atomic E-state index is 12.9. The van der Waals surface area contributed by atoms with Crippen molar-refractivity contribution in [1.82, 2.24) is 4.90 Å². The van der Waals surface area contributed by atoms with Gasteiger partial charge in [-0.15, -0.1) is 12.4 Å². The first-order chi connectivity index (χ1) is 8.56. The van der Waals surface area contributed by atoms with Crippen LogP contribution in [0.2, 0.25) is 5.02 Å². The van der Waals surface area contributed by atoms with E-state index in [1.807, 2.05) is 0 Å². The van der Waals surface area contributed by atoms with E-state index >= 15 is 0 Å². The average Bonchev–Trinajstić information content (AvgIpc) is 2.33. The molecule has 0 unspecified atom stereocenters. The molecule has 3 nitrogen and oxygen atoms in total. The minimum atomic E-state index is -0.713. The monoisotopic (exact) mass is 307 g/mol. The lowest BCUT2D eigenvalue weighted by atomic mass is 9.97. The molecular formula is C13H16Cl2FNO2. The van der Waals surface area contributed by atoms with E-state index in [1.165, 1.54) is 12.1 Å². The van der Waals surface area contributed by atoms with E-state index in [1.54, 1.807) is 6.07 Å². The molecule has 0 aromatic heterocycles. The summed E-state index contributed by atoms with van der Waals surface area (Å²) < 4.78 is 12.9. The van der Waals surface area contributed by atoms with Crippen molar-refractivity contribution in [3.05, 3.63) is 34.6 Å². The van der Waals surface area contributed by atoms with Crippen molar-refractivity contribution in [3.63, 3.8) is 0 Å². The molecule has 2 rings (SSSR count). The van der Waals surface area contributed by atoms with Gasteiger partial charge in [0.05, 0.1) is 5.92 Å². The Morgan fingerprint density at radius 1 is 1.42 bits per heavy atom. The van der Waals surface area contributed by atoms with Crippen LogP contribution >= 0.6 is 24.0 Å². The molecule has 1 aromatic carbocycles. The summed E-state index contributed by atoms with van der Waals surface area (Å²) in [6.07, 6.45) is 1.32. The summed E-state index contributed by atoms with van der Waals surface area (Å²) in [6, 6.07) is 4.38. The molecule has 1 saturated heterocycles. The summed E-state index contributed by atoms with van der Waals surface area (Å²) in [5.74, 6) is -1.28. The van der Waals surface area contributed by atoms with Gasteiger partial charge in [-0.25, -0.2) is 4.39 Å². The normalized spacial score (nSPS) is 16.9. The van der Waals surface area contributed by atoms with Crippen LogP contribution in [-0.2, 0) is 11.3 Å². The van der Waals surface area contributed by atoms with Crippen molar-refractivity contribution in [1.29, 1.82) is 0 Å². The number of piperidine rings is 1. The maximum Gasteiger partial charge on any atom is 0.306 e. The quantitative estimate of drug-likeness (QED) is 0.932. The molecule has 6 heteroatoms. The van der Waals surface area contributed by atoms with Crippen molar-refractivity contribution in [2.75, 3.05) is 13.1 Å². The van der Waals surface area contributed by atoms with Gasteiger partial charge >= 0.3 is 5.97 Å². The van der Waals surface area contributed by atoms with Crippen LogP contribution < -0.4 is 0 Å². The highest BCUT2D eigenvalue weighted by Gasteiger charge is 2.24. The zero-order valence-corrected chi connectivity index (χ0v) is 11.9. The number of carboxylic acids is 1. The molecule has 106 valence electrons. The molecule has 19 heavy (non-hydrogen) atoms. The minimum Gasteiger partial charge on any atom is -0.481 e. The number of likely N-dealkylation sites (tertiary alicyclic amines) is 1. The Bertz CT molecular complexity index is 448. The van der Waals surface area contributed by atoms with Crippen LogP contribution in [0, 0.1) is 11.7 Å². The van der Waals surface area contributed by atoms with Crippen LogP contribution in [0.3, 0.4) is 0 Å². The fourth-order valence-electron chi connectivity index (χ4n) is 2.23. The van der Waals surface area contributed by atoms with Crippen LogP contribution in [0.1, 0.15) is 18.4 Å². The van der Waals surface area contributed by atoms with E-state index in [2.05, 4.69) is 4.90 Å². The van der Waals surface area contributed by atoms with Gasteiger partial charge in [-0.05, 0) is 43.6 Å². The molecule has 1 fully saturated rings. The van der Waals surface area contributed by atoms with Crippen molar-refractivity contribution in [2.24, 2.45) is 5.92 Å². The zero-order valence-electron chi connectivity index (χ0n) is 10.3. The number of carbonyl (C=O) groups is 1. The molecule has 0 bridgehead atoms. The van der Waals surface area contributed by atoms with Gasteiger partial charge in [0, 0.05) is 11.6 Å². The van der Waals surface area contributed by atoms with Crippen molar-refractivity contribution in [3.8, 4) is 0 Å². The van der Waals surface area contributed by atoms with Crippen molar-refractivity contribution >= 4 is 30.0 Å². The fraction of sp³-hybridized carbons (Fsp3) is 0.462. The molecule has 0 aliphatic carbocycles. The third-order valence-electron chi connectivity index (χ3n) is 3.35. The van der Waals surface area contributed by atoms with Crippen LogP contribution in [0.4, 0.5) is 4.39 Å². The van der Waals surface area contributed by atoms with Crippen LogP contribution in [0.5, 0.6) is 0 Å². The number of carboxylic acid groups (broad SMARTS) is 1. The summed E-state index contributed by atoms with van der Waals surface area (Å²) in [6.45, 7) is 2.13. The summed E-state index contributed by atoms with van der Waals surface area (Å²) in [4.78, 5) is 13.0. The standard InChI is InChI=1S/C13H15ClFNO2.ClH/c14-12-7-11(15)2-1-10(12)8-16-5-3-9(4-6-16)13(17)18;/h1-2,7,9H,3-6,8H2,(H,17,18);1H. The maximum absolute atomic E-state index is 12.9. The number of halogens is 3. The van der Waals surface area contributed by atoms with E-state index in [4.69, 9.17) is 16.7 Å². The summed E-state index contributed by atoms with van der Waals surface area (Å²) >= 11 is 5.97. The van der Waals surface area contributed by atoms with Gasteiger partial charge in [-0.1, -0.05) is 17.7 Å². The van der Waals surface area contributed by atoms with Crippen LogP contribution in [0.25, 0.3) is 0 Å². The Kier molecular flexibility index (Phi) is 6.04. The number of benzene rings is 1. The van der Waals surface area contributed by atoms with Gasteiger partial charge in [-0.3, -0.25) is 9.69 Å². The largest absolute Gasteiger partial charge is 0.481 e. The molecule has 0 amide bonds. The highest BCUT2D eigenvalue weighted by Crippen LogP contribution is 2.23. The number of rotatable bonds is 3. The molecule has 1 heterocycles. The van der Waals surface area contributed by atoms with E-state index < -0.39 is 5.97 Å². The smallest absolute Gasteiger partial charge is 0.306 e. The summed E-state index contributed by atoms with van der Waals surface area (Å²) in [5, 5.41) is 9.33. The predicted molar refractivity (Wildman–Crippen MR) is 74.3 cm³/mol. The second kappa shape index (κ2) is 7.08. The lowest BCUT2D eigenvalue weighted by Crippen LogP contribution is -2.35. The highest BCUT2D eigenvalue weighted by atomic mass is 35.5. The first-order valence-electron chi connectivity index (χ1n) is 5.95. The van der Waals surface area contributed by atoms with Gasteiger partial charge in [-0.2, -0.15) is 0 Å².